The van der Waals surface area contributed by atoms with E-state index in [0.717, 1.165) is 0 Å². The molecule has 92 valence electrons. The van der Waals surface area contributed by atoms with Crippen LogP contribution in [0.5, 0.6) is 0 Å². The number of nitrogens with one attached hydrogen (secondary N) is 1. The van der Waals surface area contributed by atoms with Crippen molar-refractivity contribution in [2.24, 2.45) is 11.1 Å². The average molecular weight is 246 g/mol. The molecule has 3 N–H and O–H groups in total. The van der Waals surface area contributed by atoms with Crippen molar-refractivity contribution in [3.63, 3.8) is 0 Å². The summed E-state index contributed by atoms with van der Waals surface area (Å²) in [5.74, 6) is 0. The maximum absolute atomic E-state index is 12.0. The SMILES string of the molecule is CN(CC(C)(C)CN)S(=O)(=O)c1cn[nH]c1. The van der Waals surface area contributed by atoms with Gasteiger partial charge in [0.25, 0.3) is 0 Å². The van der Waals surface area contributed by atoms with Gasteiger partial charge in [0.05, 0.1) is 6.20 Å². The van der Waals surface area contributed by atoms with Crippen molar-refractivity contribution in [2.75, 3.05) is 20.1 Å². The van der Waals surface area contributed by atoms with Gasteiger partial charge in [0.2, 0.25) is 10.0 Å². The molecule has 0 atom stereocenters. The van der Waals surface area contributed by atoms with Crippen LogP contribution >= 0.6 is 0 Å². The van der Waals surface area contributed by atoms with E-state index in [2.05, 4.69) is 10.2 Å². The first-order chi connectivity index (χ1) is 7.29. The van der Waals surface area contributed by atoms with Gasteiger partial charge in [0.1, 0.15) is 4.90 Å². The van der Waals surface area contributed by atoms with Gasteiger partial charge in [0.15, 0.2) is 0 Å². The van der Waals surface area contributed by atoms with Crippen LogP contribution < -0.4 is 5.73 Å². The Morgan fingerprint density at radius 3 is 2.62 bits per heavy atom. The summed E-state index contributed by atoms with van der Waals surface area (Å²) in [6.45, 7) is 4.65. The van der Waals surface area contributed by atoms with Gasteiger partial charge in [0, 0.05) is 19.8 Å². The predicted octanol–water partition coefficient (Wildman–Crippen LogP) is 0.0151. The van der Waals surface area contributed by atoms with E-state index in [1.807, 2.05) is 13.8 Å². The van der Waals surface area contributed by atoms with Gasteiger partial charge in [-0.1, -0.05) is 13.8 Å². The van der Waals surface area contributed by atoms with E-state index >= 15 is 0 Å². The van der Waals surface area contributed by atoms with E-state index in [4.69, 9.17) is 5.73 Å². The van der Waals surface area contributed by atoms with Crippen LogP contribution in [0.4, 0.5) is 0 Å². The number of hydrogen-bond acceptors (Lipinski definition) is 4. The average Bonchev–Trinajstić information content (AvgIpc) is 2.70. The maximum atomic E-state index is 12.0. The quantitative estimate of drug-likeness (QED) is 0.765. The van der Waals surface area contributed by atoms with Crippen LogP contribution in [0.15, 0.2) is 17.3 Å². The molecule has 0 saturated carbocycles. The molecule has 6 nitrogen and oxygen atoms in total. The lowest BCUT2D eigenvalue weighted by Gasteiger charge is -2.28. The van der Waals surface area contributed by atoms with Gasteiger partial charge in [-0.05, 0) is 12.0 Å². The third-order valence-electron chi connectivity index (χ3n) is 2.38. The van der Waals surface area contributed by atoms with Crippen molar-refractivity contribution in [1.29, 1.82) is 0 Å². The van der Waals surface area contributed by atoms with Crippen LogP contribution in [0.25, 0.3) is 0 Å². The second kappa shape index (κ2) is 4.52. The molecule has 1 heterocycles. The number of nitrogens with zero attached hydrogens (tertiary/aromatic N) is 2. The molecule has 0 unspecified atom stereocenters. The largest absolute Gasteiger partial charge is 0.330 e. The first-order valence-corrected chi connectivity index (χ1v) is 6.39. The highest BCUT2D eigenvalue weighted by molar-refractivity contribution is 7.89. The van der Waals surface area contributed by atoms with Gasteiger partial charge in [-0.25, -0.2) is 12.7 Å². The van der Waals surface area contributed by atoms with Gasteiger partial charge in [-0.3, -0.25) is 5.10 Å². The smallest absolute Gasteiger partial charge is 0.245 e. The monoisotopic (exact) mass is 246 g/mol. The van der Waals surface area contributed by atoms with Crippen molar-refractivity contribution < 1.29 is 8.42 Å². The molecule has 7 heteroatoms. The Labute approximate surface area is 95.9 Å². The zero-order valence-corrected chi connectivity index (χ0v) is 10.6. The highest BCUT2D eigenvalue weighted by Gasteiger charge is 2.27. The maximum Gasteiger partial charge on any atom is 0.245 e. The first-order valence-electron chi connectivity index (χ1n) is 4.95. The molecule has 1 aromatic heterocycles. The minimum absolute atomic E-state index is 0.169. The first kappa shape index (κ1) is 13.1. The van der Waals surface area contributed by atoms with Crippen molar-refractivity contribution in [2.45, 2.75) is 18.7 Å². The van der Waals surface area contributed by atoms with Gasteiger partial charge >= 0.3 is 0 Å². The Morgan fingerprint density at radius 1 is 1.56 bits per heavy atom. The zero-order valence-electron chi connectivity index (χ0n) is 9.77. The van der Waals surface area contributed by atoms with Crippen LogP contribution in [0, 0.1) is 5.41 Å². The fourth-order valence-electron chi connectivity index (χ4n) is 1.31. The lowest BCUT2D eigenvalue weighted by molar-refractivity contribution is 0.292. The summed E-state index contributed by atoms with van der Waals surface area (Å²) in [7, 11) is -1.91. The molecule has 16 heavy (non-hydrogen) atoms. The number of hydrogen-bond donors (Lipinski definition) is 2. The molecule has 0 aliphatic carbocycles. The number of rotatable bonds is 5. The van der Waals surface area contributed by atoms with E-state index in [0.29, 0.717) is 13.1 Å². The van der Waals surface area contributed by atoms with E-state index in [-0.39, 0.29) is 10.3 Å². The Morgan fingerprint density at radius 2 is 2.19 bits per heavy atom. The molecule has 0 radical (unpaired) electrons. The van der Waals surface area contributed by atoms with E-state index in [1.165, 1.54) is 16.7 Å². The Balaban J connectivity index is 2.86. The zero-order chi connectivity index (χ0) is 12.4. The Bertz CT molecular complexity index is 424. The normalized spacial score (nSPS) is 13.3. The van der Waals surface area contributed by atoms with E-state index < -0.39 is 10.0 Å². The third kappa shape index (κ3) is 2.81. The van der Waals surface area contributed by atoms with Crippen LogP contribution in [-0.4, -0.2) is 43.1 Å². The van der Waals surface area contributed by atoms with Crippen molar-refractivity contribution in [3.05, 3.63) is 12.4 Å². The molecule has 0 fully saturated rings. The number of H-pyrrole nitrogens is 1. The summed E-state index contributed by atoms with van der Waals surface area (Å²) in [5, 5.41) is 6.12. The van der Waals surface area contributed by atoms with Crippen LogP contribution in [0.2, 0.25) is 0 Å². The van der Waals surface area contributed by atoms with Crippen LogP contribution in [0.3, 0.4) is 0 Å². The summed E-state index contributed by atoms with van der Waals surface area (Å²) < 4.78 is 25.3. The van der Waals surface area contributed by atoms with Crippen molar-refractivity contribution in [1.82, 2.24) is 14.5 Å². The number of nitrogens with two attached hydrogens (primary N) is 1. The summed E-state index contributed by atoms with van der Waals surface area (Å²) in [4.78, 5) is 0.169. The summed E-state index contributed by atoms with van der Waals surface area (Å²) in [6.07, 6.45) is 2.66. The molecule has 0 aliphatic heterocycles. The van der Waals surface area contributed by atoms with Gasteiger partial charge in [-0.2, -0.15) is 5.10 Å². The third-order valence-corrected chi connectivity index (χ3v) is 4.15. The molecule has 0 bridgehead atoms. The second-order valence-electron chi connectivity index (χ2n) is 4.56. The predicted molar refractivity (Wildman–Crippen MR) is 61.2 cm³/mol. The highest BCUT2D eigenvalue weighted by atomic mass is 32.2. The van der Waals surface area contributed by atoms with E-state index in [9.17, 15) is 8.42 Å². The fraction of sp³-hybridized carbons (Fsp3) is 0.667. The summed E-state index contributed by atoms with van der Waals surface area (Å²) >= 11 is 0. The van der Waals surface area contributed by atoms with Crippen molar-refractivity contribution in [3.8, 4) is 0 Å². The summed E-state index contributed by atoms with van der Waals surface area (Å²) in [6, 6.07) is 0. The molecular formula is C9H18N4O2S. The standard InChI is InChI=1S/C9H18N4O2S/c1-9(2,6-10)7-13(3)16(14,15)8-4-11-12-5-8/h4-5H,6-7,10H2,1-3H3,(H,11,12). The minimum atomic E-state index is -3.45. The second-order valence-corrected chi connectivity index (χ2v) is 6.61. The number of sulfonamides is 1. The molecule has 0 saturated heterocycles. The number of aromatic amines is 1. The Kier molecular flexibility index (Phi) is 3.72. The molecule has 0 aromatic carbocycles. The van der Waals surface area contributed by atoms with Crippen LogP contribution in [-0.2, 0) is 10.0 Å². The molecule has 0 aliphatic rings. The number of aromatic nitrogens is 2. The molecular weight excluding hydrogens is 228 g/mol. The van der Waals surface area contributed by atoms with Crippen LogP contribution in [0.1, 0.15) is 13.8 Å². The lowest BCUT2D eigenvalue weighted by Crippen LogP contribution is -2.39. The lowest BCUT2D eigenvalue weighted by atomic mass is 9.94. The van der Waals surface area contributed by atoms with Gasteiger partial charge < -0.3 is 5.73 Å². The highest BCUT2D eigenvalue weighted by Crippen LogP contribution is 2.19. The molecule has 0 spiro atoms. The molecule has 1 aromatic rings. The van der Waals surface area contributed by atoms with Gasteiger partial charge in [-0.15, -0.1) is 0 Å². The van der Waals surface area contributed by atoms with Crippen molar-refractivity contribution >= 4 is 10.0 Å². The minimum Gasteiger partial charge on any atom is -0.330 e. The molecule has 1 rings (SSSR count). The fourth-order valence-corrected chi connectivity index (χ4v) is 2.58. The van der Waals surface area contributed by atoms with E-state index in [1.54, 1.807) is 7.05 Å². The topological polar surface area (TPSA) is 92.1 Å². The molecule has 0 amide bonds. The Hall–Kier alpha value is -0.920. The summed E-state index contributed by atoms with van der Waals surface area (Å²) in [5.41, 5.74) is 5.33.